The standard InChI is InChI=1S/C13H16O3S/c1-4-7-17-11-5-6-12(10(2)8-11)16-9-13(14)15-3/h4-6,8H,1,7,9H2,2-3H3. The van der Waals surface area contributed by atoms with Crippen LogP contribution in [0.5, 0.6) is 5.75 Å². The highest BCUT2D eigenvalue weighted by Gasteiger charge is 2.05. The van der Waals surface area contributed by atoms with Gasteiger partial charge in [0.2, 0.25) is 0 Å². The number of benzene rings is 1. The molecule has 0 aliphatic carbocycles. The van der Waals surface area contributed by atoms with Crippen molar-refractivity contribution in [2.45, 2.75) is 11.8 Å². The second-order valence-corrected chi connectivity index (χ2v) is 4.49. The Hall–Kier alpha value is -1.42. The molecule has 1 aromatic carbocycles. The van der Waals surface area contributed by atoms with Crippen LogP contribution in [-0.4, -0.2) is 25.4 Å². The Bertz CT molecular complexity index is 402. The van der Waals surface area contributed by atoms with Crippen LogP contribution in [0.15, 0.2) is 35.7 Å². The summed E-state index contributed by atoms with van der Waals surface area (Å²) in [5.74, 6) is 1.20. The first kappa shape index (κ1) is 13.6. The molecule has 1 rings (SSSR count). The minimum Gasteiger partial charge on any atom is -0.482 e. The summed E-state index contributed by atoms with van der Waals surface area (Å²) in [6.45, 7) is 5.57. The van der Waals surface area contributed by atoms with Gasteiger partial charge < -0.3 is 9.47 Å². The first-order valence-corrected chi connectivity index (χ1v) is 6.20. The Morgan fingerprint density at radius 1 is 1.53 bits per heavy atom. The van der Waals surface area contributed by atoms with E-state index in [9.17, 15) is 4.79 Å². The van der Waals surface area contributed by atoms with Crippen molar-refractivity contribution < 1.29 is 14.3 Å². The smallest absolute Gasteiger partial charge is 0.343 e. The molecule has 0 fully saturated rings. The summed E-state index contributed by atoms with van der Waals surface area (Å²) in [5.41, 5.74) is 1.00. The van der Waals surface area contributed by atoms with Crippen LogP contribution < -0.4 is 4.74 Å². The fourth-order valence-corrected chi connectivity index (χ4v) is 1.96. The van der Waals surface area contributed by atoms with Gasteiger partial charge in [-0.15, -0.1) is 18.3 Å². The molecule has 0 unspecified atom stereocenters. The summed E-state index contributed by atoms with van der Waals surface area (Å²) in [7, 11) is 1.34. The van der Waals surface area contributed by atoms with Gasteiger partial charge in [0.15, 0.2) is 6.61 Å². The maximum Gasteiger partial charge on any atom is 0.343 e. The van der Waals surface area contributed by atoms with Gasteiger partial charge in [0.1, 0.15) is 5.75 Å². The van der Waals surface area contributed by atoms with Gasteiger partial charge in [-0.2, -0.15) is 0 Å². The highest BCUT2D eigenvalue weighted by Crippen LogP contribution is 2.25. The molecule has 0 N–H and O–H groups in total. The molecule has 0 amide bonds. The largest absolute Gasteiger partial charge is 0.482 e. The van der Waals surface area contributed by atoms with Crippen molar-refractivity contribution in [2.75, 3.05) is 19.5 Å². The van der Waals surface area contributed by atoms with Gasteiger partial charge in [-0.3, -0.25) is 0 Å². The number of carbonyl (C=O) groups is 1. The third-order valence-corrected chi connectivity index (χ3v) is 3.08. The summed E-state index contributed by atoms with van der Waals surface area (Å²) >= 11 is 1.71. The predicted octanol–water partition coefficient (Wildman–Crippen LogP) is 2.82. The number of rotatable bonds is 6. The third kappa shape index (κ3) is 4.53. The molecule has 92 valence electrons. The van der Waals surface area contributed by atoms with E-state index in [0.717, 1.165) is 16.2 Å². The Morgan fingerprint density at radius 3 is 2.88 bits per heavy atom. The van der Waals surface area contributed by atoms with E-state index < -0.39 is 0 Å². The highest BCUT2D eigenvalue weighted by molar-refractivity contribution is 7.99. The topological polar surface area (TPSA) is 35.5 Å². The molecule has 0 aliphatic heterocycles. The second kappa shape index (κ2) is 7.01. The van der Waals surface area contributed by atoms with Crippen LogP contribution in [0.3, 0.4) is 0 Å². The number of esters is 1. The maximum atomic E-state index is 10.9. The van der Waals surface area contributed by atoms with Crippen LogP contribution in [0.1, 0.15) is 5.56 Å². The number of hydrogen-bond donors (Lipinski definition) is 0. The van der Waals surface area contributed by atoms with E-state index in [0.29, 0.717) is 5.75 Å². The van der Waals surface area contributed by atoms with Gasteiger partial charge in [-0.05, 0) is 30.7 Å². The Labute approximate surface area is 106 Å². The number of aryl methyl sites for hydroxylation is 1. The lowest BCUT2D eigenvalue weighted by Crippen LogP contribution is -2.12. The van der Waals surface area contributed by atoms with Crippen molar-refractivity contribution in [2.24, 2.45) is 0 Å². The lowest BCUT2D eigenvalue weighted by atomic mass is 10.2. The van der Waals surface area contributed by atoms with Crippen molar-refractivity contribution in [3.63, 3.8) is 0 Å². The van der Waals surface area contributed by atoms with Gasteiger partial charge in [0, 0.05) is 10.6 Å². The van der Waals surface area contributed by atoms with E-state index in [2.05, 4.69) is 11.3 Å². The molecular formula is C13H16O3S. The summed E-state index contributed by atoms with van der Waals surface area (Å²) in [5, 5.41) is 0. The molecule has 0 saturated heterocycles. The van der Waals surface area contributed by atoms with Crippen molar-refractivity contribution in [3.05, 3.63) is 36.4 Å². The number of methoxy groups -OCH3 is 1. The molecule has 1 aromatic rings. The lowest BCUT2D eigenvalue weighted by Gasteiger charge is -2.09. The van der Waals surface area contributed by atoms with Crippen molar-refractivity contribution >= 4 is 17.7 Å². The van der Waals surface area contributed by atoms with E-state index in [1.807, 2.05) is 31.2 Å². The van der Waals surface area contributed by atoms with E-state index in [1.54, 1.807) is 11.8 Å². The molecule has 0 spiro atoms. The fourth-order valence-electron chi connectivity index (χ4n) is 1.22. The molecule has 0 heterocycles. The average molecular weight is 252 g/mol. The van der Waals surface area contributed by atoms with Crippen molar-refractivity contribution in [3.8, 4) is 5.75 Å². The monoisotopic (exact) mass is 252 g/mol. The highest BCUT2D eigenvalue weighted by atomic mass is 32.2. The van der Waals surface area contributed by atoms with E-state index >= 15 is 0 Å². The van der Waals surface area contributed by atoms with Gasteiger partial charge in [-0.25, -0.2) is 4.79 Å². The molecule has 0 bridgehead atoms. The molecular weight excluding hydrogens is 236 g/mol. The molecule has 0 radical (unpaired) electrons. The number of thioether (sulfide) groups is 1. The number of ether oxygens (including phenoxy) is 2. The molecule has 0 aromatic heterocycles. The molecule has 0 aliphatic rings. The Kier molecular flexibility index (Phi) is 5.63. The minimum absolute atomic E-state index is 0.0590. The van der Waals surface area contributed by atoms with E-state index in [4.69, 9.17) is 4.74 Å². The summed E-state index contributed by atoms with van der Waals surface area (Å²) in [4.78, 5) is 12.1. The normalized spacial score (nSPS) is 9.76. The van der Waals surface area contributed by atoms with E-state index in [-0.39, 0.29) is 12.6 Å². The summed E-state index contributed by atoms with van der Waals surface area (Å²) in [6, 6.07) is 5.86. The van der Waals surface area contributed by atoms with Crippen molar-refractivity contribution in [1.29, 1.82) is 0 Å². The fraction of sp³-hybridized carbons (Fsp3) is 0.308. The van der Waals surface area contributed by atoms with E-state index in [1.165, 1.54) is 7.11 Å². The number of hydrogen-bond acceptors (Lipinski definition) is 4. The van der Waals surface area contributed by atoms with Gasteiger partial charge >= 0.3 is 5.97 Å². The van der Waals surface area contributed by atoms with Crippen LogP contribution in [0.2, 0.25) is 0 Å². The van der Waals surface area contributed by atoms with Crippen LogP contribution in [0, 0.1) is 6.92 Å². The second-order valence-electron chi connectivity index (χ2n) is 3.39. The van der Waals surface area contributed by atoms with Crippen LogP contribution in [0.4, 0.5) is 0 Å². The number of carbonyl (C=O) groups excluding carboxylic acids is 1. The molecule has 17 heavy (non-hydrogen) atoms. The van der Waals surface area contributed by atoms with Crippen LogP contribution >= 0.6 is 11.8 Å². The quantitative estimate of drug-likeness (QED) is 0.443. The maximum absolute atomic E-state index is 10.9. The first-order valence-electron chi connectivity index (χ1n) is 5.21. The molecule has 0 atom stereocenters. The van der Waals surface area contributed by atoms with Gasteiger partial charge in [0.25, 0.3) is 0 Å². The zero-order valence-electron chi connectivity index (χ0n) is 10.1. The van der Waals surface area contributed by atoms with Crippen molar-refractivity contribution in [1.82, 2.24) is 0 Å². The lowest BCUT2D eigenvalue weighted by molar-refractivity contribution is -0.142. The van der Waals surface area contributed by atoms with Gasteiger partial charge in [0.05, 0.1) is 7.11 Å². The minimum atomic E-state index is -0.380. The Balaban J connectivity index is 2.62. The third-order valence-electron chi connectivity index (χ3n) is 2.09. The first-order chi connectivity index (χ1) is 8.17. The predicted molar refractivity (Wildman–Crippen MR) is 69.6 cm³/mol. The zero-order valence-corrected chi connectivity index (χ0v) is 10.9. The molecule has 0 saturated carbocycles. The van der Waals surface area contributed by atoms with Crippen LogP contribution in [0.25, 0.3) is 0 Å². The zero-order chi connectivity index (χ0) is 12.7. The van der Waals surface area contributed by atoms with Gasteiger partial charge in [-0.1, -0.05) is 6.08 Å². The molecule has 4 heteroatoms. The summed E-state index contributed by atoms with van der Waals surface area (Å²) in [6.07, 6.45) is 1.86. The summed E-state index contributed by atoms with van der Waals surface area (Å²) < 4.78 is 9.85. The average Bonchev–Trinajstić information content (AvgIpc) is 2.34. The Morgan fingerprint density at radius 2 is 2.29 bits per heavy atom. The van der Waals surface area contributed by atoms with Crippen LogP contribution in [-0.2, 0) is 9.53 Å². The molecule has 3 nitrogen and oxygen atoms in total. The SMILES string of the molecule is C=CCSc1ccc(OCC(=O)OC)c(C)c1.